The topological polar surface area (TPSA) is 48.1 Å². The molecule has 0 aliphatic rings. The van der Waals surface area contributed by atoms with Gasteiger partial charge < -0.3 is 10.5 Å². The number of halogens is 2. The normalized spacial score (nSPS) is 12.2. The molecular weight excluding hydrogens is 299 g/mol. The van der Waals surface area contributed by atoms with Crippen molar-refractivity contribution in [3.8, 4) is 5.75 Å². The van der Waals surface area contributed by atoms with E-state index in [1.54, 1.807) is 30.6 Å². The Hall–Kier alpha value is -1.46. The lowest BCUT2D eigenvalue weighted by Crippen LogP contribution is -2.19. The van der Waals surface area contributed by atoms with E-state index in [1.165, 1.54) is 6.07 Å². The Morgan fingerprint density at radius 2 is 2.22 bits per heavy atom. The van der Waals surface area contributed by atoms with Gasteiger partial charge >= 0.3 is 0 Å². The number of hydrogen-bond acceptors (Lipinski definition) is 3. The first kappa shape index (κ1) is 13.0. The molecule has 0 aliphatic carbocycles. The van der Waals surface area contributed by atoms with Crippen LogP contribution >= 0.6 is 15.9 Å². The smallest absolute Gasteiger partial charge is 0.166 e. The van der Waals surface area contributed by atoms with E-state index in [9.17, 15) is 4.39 Å². The van der Waals surface area contributed by atoms with Crippen molar-refractivity contribution < 1.29 is 9.13 Å². The maximum Gasteiger partial charge on any atom is 0.166 e. The molecule has 0 saturated heterocycles. The van der Waals surface area contributed by atoms with Crippen LogP contribution < -0.4 is 10.5 Å². The third-order valence-corrected chi connectivity index (χ3v) is 2.93. The number of nitrogens with two attached hydrogens (primary N) is 1. The zero-order valence-electron chi connectivity index (χ0n) is 9.51. The van der Waals surface area contributed by atoms with Gasteiger partial charge in [0.1, 0.15) is 6.10 Å². The van der Waals surface area contributed by atoms with E-state index in [0.29, 0.717) is 4.47 Å². The van der Waals surface area contributed by atoms with Crippen molar-refractivity contribution in [2.75, 3.05) is 6.54 Å². The molecule has 0 bridgehead atoms. The molecule has 2 aromatic rings. The largest absolute Gasteiger partial charge is 0.481 e. The highest BCUT2D eigenvalue weighted by Crippen LogP contribution is 2.26. The summed E-state index contributed by atoms with van der Waals surface area (Å²) in [4.78, 5) is 3.99. The fourth-order valence-corrected chi connectivity index (χ4v) is 1.88. The summed E-state index contributed by atoms with van der Waals surface area (Å²) in [6.07, 6.45) is 2.92. The van der Waals surface area contributed by atoms with E-state index >= 15 is 0 Å². The second-order valence-corrected chi connectivity index (χ2v) is 4.62. The summed E-state index contributed by atoms with van der Waals surface area (Å²) in [5, 5.41) is 0. The van der Waals surface area contributed by atoms with Crippen molar-refractivity contribution >= 4 is 15.9 Å². The van der Waals surface area contributed by atoms with Crippen LogP contribution in [0.15, 0.2) is 47.2 Å². The Balaban J connectivity index is 2.21. The molecule has 1 heterocycles. The van der Waals surface area contributed by atoms with Crippen molar-refractivity contribution in [3.63, 3.8) is 0 Å². The second-order valence-electron chi connectivity index (χ2n) is 3.70. The molecule has 0 fully saturated rings. The van der Waals surface area contributed by atoms with Crippen molar-refractivity contribution in [1.29, 1.82) is 0 Å². The predicted molar refractivity (Wildman–Crippen MR) is 70.8 cm³/mol. The average Bonchev–Trinajstić information content (AvgIpc) is 2.39. The first-order valence-corrected chi connectivity index (χ1v) is 6.21. The molecule has 0 amide bonds. The van der Waals surface area contributed by atoms with Crippen LogP contribution in [0.4, 0.5) is 4.39 Å². The Morgan fingerprint density at radius 1 is 1.39 bits per heavy atom. The van der Waals surface area contributed by atoms with E-state index in [0.717, 1.165) is 5.56 Å². The first-order chi connectivity index (χ1) is 8.70. The highest BCUT2D eigenvalue weighted by Gasteiger charge is 2.14. The second kappa shape index (κ2) is 5.93. The SMILES string of the molecule is NCC(Oc1ccc(Br)cc1F)c1cccnc1. The standard InChI is InChI=1S/C13H12BrFN2O/c14-10-3-4-12(11(15)6-10)18-13(7-16)9-2-1-5-17-8-9/h1-6,8,13H,7,16H2. The molecular formula is C13H12BrFN2O. The Morgan fingerprint density at radius 3 is 2.83 bits per heavy atom. The summed E-state index contributed by atoms with van der Waals surface area (Å²) in [6, 6.07) is 8.28. The van der Waals surface area contributed by atoms with Gasteiger partial charge in [0.05, 0.1) is 0 Å². The molecule has 0 radical (unpaired) electrons. The van der Waals surface area contributed by atoms with E-state index < -0.39 is 11.9 Å². The van der Waals surface area contributed by atoms with Gasteiger partial charge in [-0.3, -0.25) is 4.98 Å². The van der Waals surface area contributed by atoms with Crippen LogP contribution in [0.5, 0.6) is 5.75 Å². The lowest BCUT2D eigenvalue weighted by atomic mass is 10.1. The van der Waals surface area contributed by atoms with Gasteiger partial charge in [0.2, 0.25) is 0 Å². The minimum Gasteiger partial charge on any atom is -0.481 e. The number of pyridine rings is 1. The number of aromatic nitrogens is 1. The van der Waals surface area contributed by atoms with Crippen molar-refractivity contribution in [2.45, 2.75) is 6.10 Å². The summed E-state index contributed by atoms with van der Waals surface area (Å²) in [7, 11) is 0. The van der Waals surface area contributed by atoms with Gasteiger partial charge in [0.25, 0.3) is 0 Å². The highest BCUT2D eigenvalue weighted by atomic mass is 79.9. The average molecular weight is 311 g/mol. The number of nitrogens with zero attached hydrogens (tertiary/aromatic N) is 1. The van der Waals surface area contributed by atoms with Crippen LogP contribution in [0.1, 0.15) is 11.7 Å². The number of ether oxygens (including phenoxy) is 1. The lowest BCUT2D eigenvalue weighted by molar-refractivity contribution is 0.204. The summed E-state index contributed by atoms with van der Waals surface area (Å²) < 4.78 is 19.9. The van der Waals surface area contributed by atoms with Crippen LogP contribution in [0, 0.1) is 5.82 Å². The monoisotopic (exact) mass is 310 g/mol. The fraction of sp³-hybridized carbons (Fsp3) is 0.154. The number of hydrogen-bond donors (Lipinski definition) is 1. The van der Waals surface area contributed by atoms with Gasteiger partial charge in [0.15, 0.2) is 11.6 Å². The van der Waals surface area contributed by atoms with Gasteiger partial charge in [-0.25, -0.2) is 4.39 Å². The molecule has 1 atom stereocenters. The molecule has 2 N–H and O–H groups in total. The Kier molecular flexibility index (Phi) is 4.28. The van der Waals surface area contributed by atoms with E-state index in [4.69, 9.17) is 10.5 Å². The molecule has 0 saturated carbocycles. The van der Waals surface area contributed by atoms with Crippen LogP contribution in [-0.4, -0.2) is 11.5 Å². The van der Waals surface area contributed by atoms with Gasteiger partial charge in [-0.15, -0.1) is 0 Å². The quantitative estimate of drug-likeness (QED) is 0.944. The van der Waals surface area contributed by atoms with Crippen molar-refractivity contribution in [2.24, 2.45) is 5.73 Å². The predicted octanol–water partition coefficient (Wildman–Crippen LogP) is 3.06. The number of rotatable bonds is 4. The zero-order valence-corrected chi connectivity index (χ0v) is 11.1. The summed E-state index contributed by atoms with van der Waals surface area (Å²) in [5.41, 5.74) is 6.47. The van der Waals surface area contributed by atoms with Crippen LogP contribution in [-0.2, 0) is 0 Å². The van der Waals surface area contributed by atoms with Crippen LogP contribution in [0.3, 0.4) is 0 Å². The maximum absolute atomic E-state index is 13.7. The first-order valence-electron chi connectivity index (χ1n) is 5.42. The summed E-state index contributed by atoms with van der Waals surface area (Å²) in [6.45, 7) is 0.251. The third-order valence-electron chi connectivity index (χ3n) is 2.43. The van der Waals surface area contributed by atoms with Gasteiger partial charge in [-0.2, -0.15) is 0 Å². The lowest BCUT2D eigenvalue weighted by Gasteiger charge is -2.17. The van der Waals surface area contributed by atoms with Crippen LogP contribution in [0.25, 0.3) is 0 Å². The molecule has 1 unspecified atom stereocenters. The molecule has 0 aliphatic heterocycles. The van der Waals surface area contributed by atoms with E-state index in [1.807, 2.05) is 6.07 Å². The molecule has 5 heteroatoms. The molecule has 0 spiro atoms. The summed E-state index contributed by atoms with van der Waals surface area (Å²) in [5.74, 6) is -0.246. The highest BCUT2D eigenvalue weighted by molar-refractivity contribution is 9.10. The van der Waals surface area contributed by atoms with Crippen molar-refractivity contribution in [1.82, 2.24) is 4.98 Å². The van der Waals surface area contributed by atoms with Crippen molar-refractivity contribution in [3.05, 3.63) is 58.6 Å². The third kappa shape index (κ3) is 3.05. The minimum atomic E-state index is -0.424. The van der Waals surface area contributed by atoms with Gasteiger partial charge in [0, 0.05) is 29.0 Å². The number of benzene rings is 1. The minimum absolute atomic E-state index is 0.178. The molecule has 3 nitrogen and oxygen atoms in total. The Labute approximate surface area is 113 Å². The molecule has 1 aromatic heterocycles. The maximum atomic E-state index is 13.7. The fourth-order valence-electron chi connectivity index (χ4n) is 1.54. The molecule has 18 heavy (non-hydrogen) atoms. The molecule has 2 rings (SSSR count). The van der Waals surface area contributed by atoms with Gasteiger partial charge in [-0.05, 0) is 24.3 Å². The van der Waals surface area contributed by atoms with E-state index in [2.05, 4.69) is 20.9 Å². The van der Waals surface area contributed by atoms with Crippen LogP contribution in [0.2, 0.25) is 0 Å². The molecule has 1 aromatic carbocycles. The zero-order chi connectivity index (χ0) is 13.0. The summed E-state index contributed by atoms with van der Waals surface area (Å²) >= 11 is 3.19. The Bertz CT molecular complexity index is 522. The molecule has 94 valence electrons. The van der Waals surface area contributed by atoms with Gasteiger partial charge in [-0.1, -0.05) is 22.0 Å². The van der Waals surface area contributed by atoms with E-state index in [-0.39, 0.29) is 12.3 Å².